The number of non-ortho nitro benzene ring substituents is 1. The lowest BCUT2D eigenvalue weighted by Crippen LogP contribution is -2.13. The highest BCUT2D eigenvalue weighted by Gasteiger charge is 2.12. The third kappa shape index (κ3) is 2.73. The Hall–Kier alpha value is -2.37. The van der Waals surface area contributed by atoms with Crippen LogP contribution in [0.1, 0.15) is 19.9 Å². The van der Waals surface area contributed by atoms with Crippen molar-refractivity contribution in [3.63, 3.8) is 0 Å². The fourth-order valence-corrected chi connectivity index (χ4v) is 1.97. The largest absolute Gasteiger partial charge is 0.464 e. The van der Waals surface area contributed by atoms with Crippen LogP contribution in [0.15, 0.2) is 30.5 Å². The van der Waals surface area contributed by atoms with Gasteiger partial charge in [0.1, 0.15) is 6.61 Å². The highest BCUT2D eigenvalue weighted by Crippen LogP contribution is 2.24. The Kier molecular flexibility index (Phi) is 3.50. The first kappa shape index (κ1) is 13.1. The first-order valence-electron chi connectivity index (χ1n) is 5.87. The molecule has 0 saturated carbocycles. The van der Waals surface area contributed by atoms with Gasteiger partial charge in [-0.05, 0) is 19.1 Å². The summed E-state index contributed by atoms with van der Waals surface area (Å²) in [7, 11) is 0. The SMILES string of the molecule is CC(=O)OCC(C)n1ccc2cc([N+](=O)[O-])ccc21. The molecule has 6 heteroatoms. The van der Waals surface area contributed by atoms with Gasteiger partial charge in [0, 0.05) is 36.2 Å². The second-order valence-electron chi connectivity index (χ2n) is 4.37. The zero-order valence-electron chi connectivity index (χ0n) is 10.7. The van der Waals surface area contributed by atoms with Crippen molar-refractivity contribution in [2.45, 2.75) is 19.9 Å². The normalized spacial score (nSPS) is 12.3. The molecule has 2 aromatic rings. The van der Waals surface area contributed by atoms with Crippen LogP contribution in [0, 0.1) is 10.1 Å². The van der Waals surface area contributed by atoms with E-state index < -0.39 is 4.92 Å². The summed E-state index contributed by atoms with van der Waals surface area (Å²) in [5.41, 5.74) is 0.947. The lowest BCUT2D eigenvalue weighted by molar-refractivity contribution is -0.384. The lowest BCUT2D eigenvalue weighted by Gasteiger charge is -2.14. The van der Waals surface area contributed by atoms with Crippen LogP contribution in [0.3, 0.4) is 0 Å². The van der Waals surface area contributed by atoms with E-state index >= 15 is 0 Å². The van der Waals surface area contributed by atoms with Crippen LogP contribution in [-0.2, 0) is 9.53 Å². The first-order chi connectivity index (χ1) is 8.99. The molecule has 0 spiro atoms. The molecule has 0 aliphatic carbocycles. The quantitative estimate of drug-likeness (QED) is 0.482. The van der Waals surface area contributed by atoms with E-state index in [4.69, 9.17) is 4.74 Å². The number of benzene rings is 1. The lowest BCUT2D eigenvalue weighted by atomic mass is 10.2. The number of nitro groups is 1. The number of nitrogens with zero attached hydrogens (tertiary/aromatic N) is 2. The van der Waals surface area contributed by atoms with Crippen LogP contribution in [0.5, 0.6) is 0 Å². The van der Waals surface area contributed by atoms with Crippen LogP contribution in [-0.4, -0.2) is 22.1 Å². The van der Waals surface area contributed by atoms with Crippen molar-refractivity contribution in [3.8, 4) is 0 Å². The maximum atomic E-state index is 10.8. The molecule has 0 amide bonds. The second kappa shape index (κ2) is 5.09. The number of aromatic nitrogens is 1. The Balaban J connectivity index is 2.30. The smallest absolute Gasteiger partial charge is 0.302 e. The number of esters is 1. The molecule has 0 N–H and O–H groups in total. The van der Waals surface area contributed by atoms with E-state index in [2.05, 4.69) is 0 Å². The van der Waals surface area contributed by atoms with Crippen molar-refractivity contribution < 1.29 is 14.5 Å². The Morgan fingerprint density at radius 2 is 2.21 bits per heavy atom. The standard InChI is InChI=1S/C13H14N2O4/c1-9(8-19-10(2)16)14-6-5-11-7-12(15(17)18)3-4-13(11)14/h3-7,9H,8H2,1-2H3. The average molecular weight is 262 g/mol. The number of hydrogen-bond acceptors (Lipinski definition) is 4. The van der Waals surface area contributed by atoms with Gasteiger partial charge in [0.15, 0.2) is 0 Å². The molecular formula is C13H14N2O4. The van der Waals surface area contributed by atoms with Crippen molar-refractivity contribution in [3.05, 3.63) is 40.6 Å². The van der Waals surface area contributed by atoms with Crippen LogP contribution in [0.2, 0.25) is 0 Å². The van der Waals surface area contributed by atoms with Gasteiger partial charge in [-0.15, -0.1) is 0 Å². The molecule has 0 bridgehead atoms. The summed E-state index contributed by atoms with van der Waals surface area (Å²) in [5.74, 6) is -0.320. The van der Waals surface area contributed by atoms with Gasteiger partial charge in [0.05, 0.1) is 11.0 Å². The van der Waals surface area contributed by atoms with E-state index in [0.29, 0.717) is 0 Å². The van der Waals surface area contributed by atoms with Crippen molar-refractivity contribution in [1.82, 2.24) is 4.57 Å². The molecule has 6 nitrogen and oxygen atoms in total. The molecule has 0 radical (unpaired) electrons. The number of fused-ring (bicyclic) bond motifs is 1. The van der Waals surface area contributed by atoms with Gasteiger partial charge in [0.25, 0.3) is 5.69 Å². The summed E-state index contributed by atoms with van der Waals surface area (Å²) >= 11 is 0. The number of hydrogen-bond donors (Lipinski definition) is 0. The van der Waals surface area contributed by atoms with Crippen molar-refractivity contribution in [2.24, 2.45) is 0 Å². The van der Waals surface area contributed by atoms with Crippen LogP contribution >= 0.6 is 0 Å². The third-order valence-electron chi connectivity index (χ3n) is 2.92. The summed E-state index contributed by atoms with van der Waals surface area (Å²) < 4.78 is 6.90. The minimum absolute atomic E-state index is 0.0251. The monoisotopic (exact) mass is 262 g/mol. The van der Waals surface area contributed by atoms with Crippen LogP contribution in [0.25, 0.3) is 10.9 Å². The highest BCUT2D eigenvalue weighted by molar-refractivity contribution is 5.82. The summed E-state index contributed by atoms with van der Waals surface area (Å²) in [4.78, 5) is 21.1. The zero-order valence-corrected chi connectivity index (χ0v) is 10.7. The predicted molar refractivity (Wildman–Crippen MR) is 69.9 cm³/mol. The molecule has 1 heterocycles. The van der Waals surface area contributed by atoms with E-state index in [0.717, 1.165) is 10.9 Å². The van der Waals surface area contributed by atoms with Gasteiger partial charge in [-0.3, -0.25) is 14.9 Å². The number of rotatable bonds is 4. The molecule has 100 valence electrons. The predicted octanol–water partition coefficient (Wildman–Crippen LogP) is 2.67. The Bertz CT molecular complexity index is 633. The van der Waals surface area contributed by atoms with Crippen molar-refractivity contribution in [1.29, 1.82) is 0 Å². The Morgan fingerprint density at radius 3 is 2.84 bits per heavy atom. The fraction of sp³-hybridized carbons (Fsp3) is 0.308. The maximum Gasteiger partial charge on any atom is 0.302 e. The van der Waals surface area contributed by atoms with Gasteiger partial charge in [0.2, 0.25) is 0 Å². The summed E-state index contributed by atoms with van der Waals surface area (Å²) in [6, 6.07) is 6.49. The van der Waals surface area contributed by atoms with E-state index in [1.165, 1.54) is 19.1 Å². The van der Waals surface area contributed by atoms with Gasteiger partial charge < -0.3 is 9.30 Å². The summed E-state index contributed by atoms with van der Waals surface area (Å²) in [5, 5.41) is 11.5. The van der Waals surface area contributed by atoms with Gasteiger partial charge in [-0.2, -0.15) is 0 Å². The molecule has 0 saturated heterocycles. The molecule has 1 aromatic carbocycles. The van der Waals surface area contributed by atoms with Crippen molar-refractivity contribution in [2.75, 3.05) is 6.61 Å². The molecule has 2 rings (SSSR count). The Morgan fingerprint density at radius 1 is 1.47 bits per heavy atom. The molecule has 1 aromatic heterocycles. The number of carbonyl (C=O) groups excluding carboxylic acids is 1. The Labute approximate surface area is 109 Å². The van der Waals surface area contributed by atoms with Gasteiger partial charge >= 0.3 is 5.97 Å². The van der Waals surface area contributed by atoms with Gasteiger partial charge in [-0.1, -0.05) is 0 Å². The number of carbonyl (C=O) groups is 1. The second-order valence-corrected chi connectivity index (χ2v) is 4.37. The average Bonchev–Trinajstić information content (AvgIpc) is 2.78. The van der Waals surface area contributed by atoms with E-state index in [1.54, 1.807) is 6.07 Å². The molecule has 1 unspecified atom stereocenters. The minimum atomic E-state index is -0.418. The summed E-state index contributed by atoms with van der Waals surface area (Å²) in [6.07, 6.45) is 1.84. The maximum absolute atomic E-state index is 10.8. The molecule has 19 heavy (non-hydrogen) atoms. The minimum Gasteiger partial charge on any atom is -0.464 e. The summed E-state index contributed by atoms with van der Waals surface area (Å²) in [6.45, 7) is 3.56. The topological polar surface area (TPSA) is 74.4 Å². The molecule has 0 fully saturated rings. The molecular weight excluding hydrogens is 248 g/mol. The van der Waals surface area contributed by atoms with Crippen LogP contribution in [0.4, 0.5) is 5.69 Å². The van der Waals surface area contributed by atoms with Crippen molar-refractivity contribution >= 4 is 22.6 Å². The van der Waals surface area contributed by atoms with Gasteiger partial charge in [-0.25, -0.2) is 0 Å². The molecule has 1 atom stereocenters. The number of ether oxygens (including phenoxy) is 1. The third-order valence-corrected chi connectivity index (χ3v) is 2.92. The van der Waals surface area contributed by atoms with E-state index in [-0.39, 0.29) is 24.3 Å². The van der Waals surface area contributed by atoms with E-state index in [9.17, 15) is 14.9 Å². The number of nitro benzene ring substituents is 1. The van der Waals surface area contributed by atoms with Crippen LogP contribution < -0.4 is 0 Å². The highest BCUT2D eigenvalue weighted by atomic mass is 16.6. The molecule has 0 aliphatic heterocycles. The molecule has 0 aliphatic rings. The fourth-order valence-electron chi connectivity index (χ4n) is 1.97. The first-order valence-corrected chi connectivity index (χ1v) is 5.87. The zero-order chi connectivity index (χ0) is 14.0. The van der Waals surface area contributed by atoms with E-state index in [1.807, 2.05) is 23.8 Å².